The fraction of sp³-hybridized carbons (Fsp3) is 0.529. The third-order valence-corrected chi connectivity index (χ3v) is 3.46. The topological polar surface area (TPSA) is 79.5 Å². The molecular weight excluding hydrogens is 294 g/mol. The van der Waals surface area contributed by atoms with E-state index >= 15 is 0 Å². The summed E-state index contributed by atoms with van der Waals surface area (Å²) in [6, 6.07) is 7.13. The second-order valence-electron chi connectivity index (χ2n) is 6.17. The van der Waals surface area contributed by atoms with Crippen molar-refractivity contribution in [2.75, 3.05) is 30.3 Å². The van der Waals surface area contributed by atoms with Crippen molar-refractivity contribution in [1.82, 2.24) is 5.32 Å². The van der Waals surface area contributed by atoms with Crippen molar-refractivity contribution in [1.29, 1.82) is 0 Å². The lowest BCUT2D eigenvalue weighted by Gasteiger charge is -2.23. The van der Waals surface area contributed by atoms with E-state index in [9.17, 15) is 9.59 Å². The van der Waals surface area contributed by atoms with E-state index in [1.807, 2.05) is 13.8 Å². The first-order chi connectivity index (χ1) is 11.0. The minimum atomic E-state index is -0.0738. The average Bonchev–Trinajstić information content (AvgIpc) is 2.49. The van der Waals surface area contributed by atoms with Crippen LogP contribution in [0.25, 0.3) is 0 Å². The second-order valence-corrected chi connectivity index (χ2v) is 6.17. The van der Waals surface area contributed by atoms with E-state index in [-0.39, 0.29) is 17.9 Å². The molecule has 6 heteroatoms. The summed E-state index contributed by atoms with van der Waals surface area (Å²) in [4.78, 5) is 23.7. The summed E-state index contributed by atoms with van der Waals surface area (Å²) < 4.78 is 5.51. The van der Waals surface area contributed by atoms with Gasteiger partial charge in [-0.1, -0.05) is 13.8 Å². The van der Waals surface area contributed by atoms with E-state index in [0.29, 0.717) is 37.6 Å². The number of ether oxygens (including phenoxy) is 1. The molecule has 2 rings (SSSR count). The molecule has 0 aromatic heterocycles. The molecule has 0 spiro atoms. The Hall–Kier alpha value is -1.92. The highest BCUT2D eigenvalue weighted by Gasteiger charge is 2.17. The SMILES string of the molecule is CC(C)CC(=O)Nc1ccc(NC(=O)CC2CNCCO2)cc1. The van der Waals surface area contributed by atoms with Crippen molar-refractivity contribution in [3.05, 3.63) is 24.3 Å². The summed E-state index contributed by atoms with van der Waals surface area (Å²) in [6.07, 6.45) is 0.756. The molecule has 0 saturated carbocycles. The van der Waals surface area contributed by atoms with Gasteiger partial charge in [0.1, 0.15) is 0 Å². The maximum Gasteiger partial charge on any atom is 0.227 e. The van der Waals surface area contributed by atoms with E-state index in [1.165, 1.54) is 0 Å². The average molecular weight is 319 g/mol. The molecule has 2 amide bonds. The zero-order chi connectivity index (χ0) is 16.7. The van der Waals surface area contributed by atoms with Gasteiger partial charge in [-0.3, -0.25) is 9.59 Å². The molecule has 1 aromatic rings. The molecule has 126 valence electrons. The van der Waals surface area contributed by atoms with Gasteiger partial charge in [-0.05, 0) is 30.2 Å². The molecule has 1 heterocycles. The van der Waals surface area contributed by atoms with Crippen LogP contribution in [0.5, 0.6) is 0 Å². The number of hydrogen-bond acceptors (Lipinski definition) is 4. The van der Waals surface area contributed by atoms with E-state index in [4.69, 9.17) is 4.74 Å². The van der Waals surface area contributed by atoms with Crippen LogP contribution in [-0.2, 0) is 14.3 Å². The highest BCUT2D eigenvalue weighted by molar-refractivity contribution is 5.93. The molecule has 0 bridgehead atoms. The summed E-state index contributed by atoms with van der Waals surface area (Å²) in [6.45, 7) is 6.19. The number of amides is 2. The molecule has 1 aliphatic rings. The van der Waals surface area contributed by atoms with Crippen LogP contribution >= 0.6 is 0 Å². The van der Waals surface area contributed by atoms with Gasteiger partial charge < -0.3 is 20.7 Å². The van der Waals surface area contributed by atoms with Gasteiger partial charge in [0.15, 0.2) is 0 Å². The first kappa shape index (κ1) is 17.4. The number of carbonyl (C=O) groups excluding carboxylic acids is 2. The molecule has 1 aromatic carbocycles. The number of carbonyl (C=O) groups is 2. The monoisotopic (exact) mass is 319 g/mol. The summed E-state index contributed by atoms with van der Waals surface area (Å²) in [5.41, 5.74) is 1.44. The molecule has 1 saturated heterocycles. The highest BCUT2D eigenvalue weighted by Crippen LogP contribution is 2.15. The van der Waals surface area contributed by atoms with Crippen LogP contribution in [-0.4, -0.2) is 37.6 Å². The predicted octanol–water partition coefficient (Wildman–Crippen LogP) is 1.99. The minimum absolute atomic E-state index is 0.00117. The Morgan fingerprint density at radius 2 is 1.78 bits per heavy atom. The first-order valence-electron chi connectivity index (χ1n) is 8.05. The Morgan fingerprint density at radius 1 is 1.17 bits per heavy atom. The van der Waals surface area contributed by atoms with Gasteiger partial charge in [0.2, 0.25) is 11.8 Å². The van der Waals surface area contributed by atoms with Crippen molar-refractivity contribution in [3.8, 4) is 0 Å². The first-order valence-corrected chi connectivity index (χ1v) is 8.05. The van der Waals surface area contributed by atoms with Gasteiger partial charge >= 0.3 is 0 Å². The van der Waals surface area contributed by atoms with E-state index < -0.39 is 0 Å². The lowest BCUT2D eigenvalue weighted by atomic mass is 10.1. The number of hydrogen-bond donors (Lipinski definition) is 3. The predicted molar refractivity (Wildman–Crippen MR) is 90.4 cm³/mol. The van der Waals surface area contributed by atoms with Crippen LogP contribution in [0.2, 0.25) is 0 Å². The number of benzene rings is 1. The fourth-order valence-electron chi connectivity index (χ4n) is 2.39. The molecule has 1 unspecified atom stereocenters. The standard InChI is InChI=1S/C17H25N3O3/c1-12(2)9-16(21)19-13-3-5-14(6-4-13)20-17(22)10-15-11-18-7-8-23-15/h3-6,12,15,18H,7-11H2,1-2H3,(H,19,21)(H,20,22). The van der Waals surface area contributed by atoms with E-state index in [2.05, 4.69) is 16.0 Å². The zero-order valence-electron chi connectivity index (χ0n) is 13.7. The van der Waals surface area contributed by atoms with Crippen molar-refractivity contribution >= 4 is 23.2 Å². The molecule has 1 fully saturated rings. The molecule has 23 heavy (non-hydrogen) atoms. The lowest BCUT2D eigenvalue weighted by Crippen LogP contribution is -2.40. The molecule has 0 aliphatic carbocycles. The van der Waals surface area contributed by atoms with Crippen LogP contribution < -0.4 is 16.0 Å². The maximum absolute atomic E-state index is 12.0. The largest absolute Gasteiger partial charge is 0.375 e. The third-order valence-electron chi connectivity index (χ3n) is 3.46. The summed E-state index contributed by atoms with van der Waals surface area (Å²) >= 11 is 0. The van der Waals surface area contributed by atoms with Crippen LogP contribution in [0.15, 0.2) is 24.3 Å². The van der Waals surface area contributed by atoms with Crippen molar-refractivity contribution in [2.24, 2.45) is 5.92 Å². The third kappa shape index (κ3) is 6.38. The zero-order valence-corrected chi connectivity index (χ0v) is 13.7. The van der Waals surface area contributed by atoms with Crippen LogP contribution in [0, 0.1) is 5.92 Å². The van der Waals surface area contributed by atoms with Gasteiger partial charge in [0, 0.05) is 30.9 Å². The van der Waals surface area contributed by atoms with Crippen LogP contribution in [0.4, 0.5) is 11.4 Å². The van der Waals surface area contributed by atoms with Crippen molar-refractivity contribution < 1.29 is 14.3 Å². The Morgan fingerprint density at radius 3 is 2.30 bits per heavy atom. The smallest absolute Gasteiger partial charge is 0.227 e. The number of nitrogens with one attached hydrogen (secondary N) is 3. The molecule has 6 nitrogen and oxygen atoms in total. The molecular formula is C17H25N3O3. The maximum atomic E-state index is 12.0. The quantitative estimate of drug-likeness (QED) is 0.749. The Labute approximate surface area is 137 Å². The second kappa shape index (κ2) is 8.64. The van der Waals surface area contributed by atoms with E-state index in [0.717, 1.165) is 12.2 Å². The van der Waals surface area contributed by atoms with Crippen LogP contribution in [0.1, 0.15) is 26.7 Å². The van der Waals surface area contributed by atoms with Gasteiger partial charge in [0.25, 0.3) is 0 Å². The van der Waals surface area contributed by atoms with Gasteiger partial charge in [0.05, 0.1) is 19.1 Å². The Kier molecular flexibility index (Phi) is 6.55. The van der Waals surface area contributed by atoms with Gasteiger partial charge in [-0.2, -0.15) is 0 Å². The Balaban J connectivity index is 1.79. The van der Waals surface area contributed by atoms with Crippen LogP contribution in [0.3, 0.4) is 0 Å². The minimum Gasteiger partial charge on any atom is -0.375 e. The Bertz CT molecular complexity index is 522. The molecule has 0 radical (unpaired) electrons. The van der Waals surface area contributed by atoms with Crippen molar-refractivity contribution in [2.45, 2.75) is 32.8 Å². The summed E-state index contributed by atoms with van der Waals surface area (Å²) in [5, 5.41) is 8.88. The summed E-state index contributed by atoms with van der Waals surface area (Å²) in [5.74, 6) is 0.249. The summed E-state index contributed by atoms with van der Waals surface area (Å²) in [7, 11) is 0. The lowest BCUT2D eigenvalue weighted by molar-refractivity contribution is -0.119. The molecule has 3 N–H and O–H groups in total. The van der Waals surface area contributed by atoms with E-state index in [1.54, 1.807) is 24.3 Å². The normalized spacial score (nSPS) is 17.8. The van der Waals surface area contributed by atoms with Gasteiger partial charge in [-0.25, -0.2) is 0 Å². The fourth-order valence-corrected chi connectivity index (χ4v) is 2.39. The molecule has 1 aliphatic heterocycles. The van der Waals surface area contributed by atoms with Gasteiger partial charge in [-0.15, -0.1) is 0 Å². The number of morpholine rings is 1. The highest BCUT2D eigenvalue weighted by atomic mass is 16.5. The number of anilines is 2. The number of rotatable bonds is 6. The molecule has 1 atom stereocenters. The van der Waals surface area contributed by atoms with Crippen molar-refractivity contribution in [3.63, 3.8) is 0 Å².